The largest absolute Gasteiger partial charge is 0.481 e. The summed E-state index contributed by atoms with van der Waals surface area (Å²) in [4.78, 5) is 12.0. The number of aryl methyl sites for hydroxylation is 2. The molecule has 0 aliphatic heterocycles. The molecule has 120 valence electrons. The molecule has 0 saturated carbocycles. The van der Waals surface area contributed by atoms with Crippen LogP contribution < -0.4 is 10.2 Å². The Labute approximate surface area is 141 Å². The highest BCUT2D eigenvalue weighted by Crippen LogP contribution is 2.26. The molecule has 0 aromatic heterocycles. The zero-order valence-electron chi connectivity index (χ0n) is 13.3. The molecule has 1 atom stereocenters. The van der Waals surface area contributed by atoms with Crippen LogP contribution in [0, 0.1) is 13.8 Å². The average Bonchev–Trinajstić information content (AvgIpc) is 2.53. The number of carbonyl (C=O) groups excluding carboxylic acids is 1. The first-order chi connectivity index (χ1) is 11.0. The second-order valence-electron chi connectivity index (χ2n) is 5.28. The van der Waals surface area contributed by atoms with Crippen LogP contribution in [-0.4, -0.2) is 18.2 Å². The molecule has 2 aromatic rings. The lowest BCUT2D eigenvalue weighted by Gasteiger charge is -2.14. The molecule has 0 radical (unpaired) electrons. The van der Waals surface area contributed by atoms with E-state index in [0.29, 0.717) is 10.8 Å². The third-order valence-electron chi connectivity index (χ3n) is 3.28. The molecule has 1 N–H and O–H groups in total. The van der Waals surface area contributed by atoms with E-state index in [0.717, 1.165) is 16.7 Å². The molecular formula is C18H19ClN2O2. The van der Waals surface area contributed by atoms with Crippen molar-refractivity contribution in [3.63, 3.8) is 0 Å². The minimum absolute atomic E-state index is 0.317. The summed E-state index contributed by atoms with van der Waals surface area (Å²) in [6.45, 7) is 5.47. The number of hydrogen-bond acceptors (Lipinski definition) is 3. The van der Waals surface area contributed by atoms with Crippen molar-refractivity contribution in [2.45, 2.75) is 26.9 Å². The van der Waals surface area contributed by atoms with E-state index in [1.165, 1.54) is 0 Å². The number of nitrogens with one attached hydrogen (secondary N) is 1. The molecule has 1 unspecified atom stereocenters. The number of carbonyl (C=O) groups is 1. The summed E-state index contributed by atoms with van der Waals surface area (Å²) in [6, 6.07) is 13.1. The fourth-order valence-electron chi connectivity index (χ4n) is 2.03. The van der Waals surface area contributed by atoms with E-state index in [4.69, 9.17) is 16.3 Å². The highest BCUT2D eigenvalue weighted by atomic mass is 35.5. The minimum atomic E-state index is -0.664. The molecule has 2 rings (SSSR count). The van der Waals surface area contributed by atoms with Crippen LogP contribution in [0.1, 0.15) is 23.6 Å². The first kappa shape index (κ1) is 17.0. The maximum Gasteiger partial charge on any atom is 0.280 e. The number of hydrazone groups is 1. The van der Waals surface area contributed by atoms with Crippen molar-refractivity contribution in [1.82, 2.24) is 5.43 Å². The van der Waals surface area contributed by atoms with Crippen LogP contribution in [0.4, 0.5) is 0 Å². The van der Waals surface area contributed by atoms with E-state index < -0.39 is 6.10 Å². The lowest BCUT2D eigenvalue weighted by Crippen LogP contribution is -2.33. The molecule has 2 aromatic carbocycles. The van der Waals surface area contributed by atoms with Gasteiger partial charge in [-0.05, 0) is 49.6 Å². The van der Waals surface area contributed by atoms with Gasteiger partial charge < -0.3 is 4.74 Å². The van der Waals surface area contributed by atoms with Gasteiger partial charge in [-0.2, -0.15) is 5.10 Å². The Hall–Kier alpha value is -2.33. The fourth-order valence-corrected chi connectivity index (χ4v) is 2.14. The summed E-state index contributed by atoms with van der Waals surface area (Å²) in [6.07, 6.45) is 0.921. The normalized spacial score (nSPS) is 12.2. The first-order valence-corrected chi connectivity index (χ1v) is 7.66. The van der Waals surface area contributed by atoms with Crippen molar-refractivity contribution in [2.24, 2.45) is 5.10 Å². The Morgan fingerprint density at radius 2 is 1.83 bits per heavy atom. The highest BCUT2D eigenvalue weighted by molar-refractivity contribution is 6.32. The van der Waals surface area contributed by atoms with Crippen molar-refractivity contribution in [3.8, 4) is 5.75 Å². The number of rotatable bonds is 5. The zero-order valence-corrected chi connectivity index (χ0v) is 14.1. The second kappa shape index (κ2) is 7.79. The molecular weight excluding hydrogens is 312 g/mol. The Kier molecular flexibility index (Phi) is 5.77. The fraction of sp³-hybridized carbons (Fsp3) is 0.222. The van der Waals surface area contributed by atoms with E-state index in [-0.39, 0.29) is 5.91 Å². The van der Waals surface area contributed by atoms with Gasteiger partial charge in [0.1, 0.15) is 5.75 Å². The molecule has 1 amide bonds. The van der Waals surface area contributed by atoms with Crippen molar-refractivity contribution in [2.75, 3.05) is 0 Å². The third-order valence-corrected chi connectivity index (χ3v) is 3.88. The van der Waals surface area contributed by atoms with Crippen molar-refractivity contribution in [1.29, 1.82) is 0 Å². The monoisotopic (exact) mass is 330 g/mol. The smallest absolute Gasteiger partial charge is 0.280 e. The quantitative estimate of drug-likeness (QED) is 0.668. The van der Waals surface area contributed by atoms with Gasteiger partial charge in [-0.1, -0.05) is 41.9 Å². The van der Waals surface area contributed by atoms with Gasteiger partial charge >= 0.3 is 0 Å². The van der Waals surface area contributed by atoms with Gasteiger partial charge in [-0.3, -0.25) is 4.79 Å². The molecule has 5 heteroatoms. The minimum Gasteiger partial charge on any atom is -0.481 e. The van der Waals surface area contributed by atoms with Crippen LogP contribution >= 0.6 is 11.6 Å². The van der Waals surface area contributed by atoms with Crippen LogP contribution in [0.15, 0.2) is 47.6 Å². The molecule has 0 spiro atoms. The number of halogens is 1. The molecule has 0 bridgehead atoms. The molecule has 0 aliphatic rings. The van der Waals surface area contributed by atoms with Gasteiger partial charge in [0, 0.05) is 5.02 Å². The first-order valence-electron chi connectivity index (χ1n) is 7.28. The van der Waals surface area contributed by atoms with Crippen molar-refractivity contribution < 1.29 is 9.53 Å². The number of ether oxygens (including phenoxy) is 1. The summed E-state index contributed by atoms with van der Waals surface area (Å²) in [5.41, 5.74) is 5.21. The summed E-state index contributed by atoms with van der Waals surface area (Å²) in [7, 11) is 0. The van der Waals surface area contributed by atoms with Crippen LogP contribution in [0.25, 0.3) is 0 Å². The summed E-state index contributed by atoms with van der Waals surface area (Å²) >= 11 is 6.12. The average molecular weight is 331 g/mol. The maximum atomic E-state index is 12.0. The van der Waals surface area contributed by atoms with E-state index in [2.05, 4.69) is 10.5 Å². The van der Waals surface area contributed by atoms with Gasteiger partial charge in [0.25, 0.3) is 5.91 Å². The van der Waals surface area contributed by atoms with E-state index in [9.17, 15) is 4.79 Å². The molecule has 0 heterocycles. The highest BCUT2D eigenvalue weighted by Gasteiger charge is 2.15. The summed E-state index contributed by atoms with van der Waals surface area (Å²) in [5.74, 6) is 0.293. The van der Waals surface area contributed by atoms with Crippen LogP contribution in [0.5, 0.6) is 5.75 Å². The standard InChI is InChI=1S/C18H19ClN2O2/c1-12-9-16(10-13(2)17(12)19)23-14(3)18(22)21-20-11-15-7-5-4-6-8-15/h4-11,14H,1-3H3,(H,21,22). The summed E-state index contributed by atoms with van der Waals surface area (Å²) in [5, 5.41) is 4.64. The van der Waals surface area contributed by atoms with Gasteiger partial charge in [0.15, 0.2) is 6.10 Å². The molecule has 23 heavy (non-hydrogen) atoms. The van der Waals surface area contributed by atoms with Gasteiger partial charge in [-0.15, -0.1) is 0 Å². The number of benzene rings is 2. The van der Waals surface area contributed by atoms with E-state index in [1.807, 2.05) is 56.3 Å². The maximum absolute atomic E-state index is 12.0. The molecule has 0 saturated heterocycles. The Morgan fingerprint density at radius 1 is 1.22 bits per heavy atom. The number of hydrogen-bond donors (Lipinski definition) is 1. The predicted octanol–water partition coefficient (Wildman–Crippen LogP) is 3.87. The van der Waals surface area contributed by atoms with Crippen molar-refractivity contribution in [3.05, 3.63) is 64.2 Å². The SMILES string of the molecule is Cc1cc(OC(C)C(=O)NN=Cc2ccccc2)cc(C)c1Cl. The van der Waals surface area contributed by atoms with Gasteiger partial charge in [0.05, 0.1) is 6.21 Å². The van der Waals surface area contributed by atoms with Crippen LogP contribution in [-0.2, 0) is 4.79 Å². The van der Waals surface area contributed by atoms with Crippen LogP contribution in [0.2, 0.25) is 5.02 Å². The predicted molar refractivity (Wildman–Crippen MR) is 93.2 cm³/mol. The Morgan fingerprint density at radius 3 is 2.43 bits per heavy atom. The number of nitrogens with zero attached hydrogens (tertiary/aromatic N) is 1. The van der Waals surface area contributed by atoms with Gasteiger partial charge in [0.2, 0.25) is 0 Å². The topological polar surface area (TPSA) is 50.7 Å². The Balaban J connectivity index is 1.94. The molecule has 0 aliphatic carbocycles. The molecule has 4 nitrogen and oxygen atoms in total. The van der Waals surface area contributed by atoms with Gasteiger partial charge in [-0.25, -0.2) is 5.43 Å². The molecule has 0 fully saturated rings. The second-order valence-corrected chi connectivity index (χ2v) is 5.65. The Bertz CT molecular complexity index is 691. The van der Waals surface area contributed by atoms with Crippen molar-refractivity contribution >= 4 is 23.7 Å². The third kappa shape index (κ3) is 4.83. The number of amides is 1. The lowest BCUT2D eigenvalue weighted by molar-refractivity contribution is -0.127. The van der Waals surface area contributed by atoms with E-state index in [1.54, 1.807) is 13.1 Å². The van der Waals surface area contributed by atoms with E-state index >= 15 is 0 Å². The zero-order chi connectivity index (χ0) is 16.8. The lowest BCUT2D eigenvalue weighted by atomic mass is 10.1. The van der Waals surface area contributed by atoms with Crippen LogP contribution in [0.3, 0.4) is 0 Å². The summed E-state index contributed by atoms with van der Waals surface area (Å²) < 4.78 is 5.65.